The molecule has 1 aromatic heterocycles. The van der Waals surface area contributed by atoms with Crippen LogP contribution in [0.1, 0.15) is 21.6 Å². The molecule has 1 aliphatic heterocycles. The zero-order valence-corrected chi connectivity index (χ0v) is 13.3. The van der Waals surface area contributed by atoms with Crippen LogP contribution in [0.3, 0.4) is 0 Å². The molecule has 24 heavy (non-hydrogen) atoms. The van der Waals surface area contributed by atoms with E-state index in [0.717, 1.165) is 0 Å². The van der Waals surface area contributed by atoms with Crippen molar-refractivity contribution >= 4 is 29.6 Å². The zero-order valence-electron chi connectivity index (χ0n) is 12.5. The van der Waals surface area contributed by atoms with Crippen LogP contribution < -0.4 is 0 Å². The molecule has 1 aliphatic rings. The molecule has 0 bridgehead atoms. The highest BCUT2D eigenvalue weighted by molar-refractivity contribution is 6.31. The first-order valence-corrected chi connectivity index (χ1v) is 7.60. The number of carbonyl (C=O) groups is 2. The number of carboxylic acid groups (broad SMARTS) is 1. The molecule has 0 amide bonds. The number of hydrogen-bond acceptors (Lipinski definition) is 4. The number of carbonyl (C=O) groups excluding carboxylic acids is 1. The van der Waals surface area contributed by atoms with Gasteiger partial charge in [-0.2, -0.15) is 0 Å². The third-order valence-electron chi connectivity index (χ3n) is 3.84. The summed E-state index contributed by atoms with van der Waals surface area (Å²) in [6, 6.07) is 10.1. The molecule has 3 rings (SSSR count). The largest absolute Gasteiger partial charge is 0.478 e. The van der Waals surface area contributed by atoms with Crippen LogP contribution in [0.25, 0.3) is 0 Å². The van der Waals surface area contributed by atoms with E-state index in [4.69, 9.17) is 16.7 Å². The van der Waals surface area contributed by atoms with Gasteiger partial charge in [0.25, 0.3) is 0 Å². The fourth-order valence-electron chi connectivity index (χ4n) is 2.54. The number of aromatic carboxylic acids is 1. The minimum Gasteiger partial charge on any atom is -0.478 e. The van der Waals surface area contributed by atoms with Crippen LogP contribution >= 0.6 is 11.6 Å². The first-order valence-electron chi connectivity index (χ1n) is 7.22. The monoisotopic (exact) mass is 340 g/mol. The molecule has 0 radical (unpaired) electrons. The lowest BCUT2D eigenvalue weighted by Gasteiger charge is -2.22. The maximum Gasteiger partial charge on any atom is 0.337 e. The third kappa shape index (κ3) is 2.86. The molecular formula is C18H13ClN2O3. The van der Waals surface area contributed by atoms with Crippen LogP contribution in [0.5, 0.6) is 0 Å². The van der Waals surface area contributed by atoms with Crippen molar-refractivity contribution in [1.29, 1.82) is 0 Å². The molecule has 0 spiro atoms. The zero-order chi connectivity index (χ0) is 17.2. The third-order valence-corrected chi connectivity index (χ3v) is 4.21. The lowest BCUT2D eigenvalue weighted by molar-refractivity contribution is -0.122. The smallest absolute Gasteiger partial charge is 0.337 e. The standard InChI is InChI=1S/C18H13ClN2O3/c19-14-5-2-1-4-12(14)10-16(22)18(8-3-9-21-18)15-7-6-13(11-20-15)17(23)24/h1-9,11H,10H2,(H,23,24). The molecule has 6 heteroatoms. The second-order valence-corrected chi connectivity index (χ2v) is 5.74. The number of ketones is 1. The number of carboxylic acids is 1. The first-order chi connectivity index (χ1) is 11.5. The van der Waals surface area contributed by atoms with Crippen LogP contribution in [0.15, 0.2) is 59.7 Å². The lowest BCUT2D eigenvalue weighted by Crippen LogP contribution is -2.33. The van der Waals surface area contributed by atoms with Gasteiger partial charge in [0.15, 0.2) is 11.3 Å². The number of aromatic nitrogens is 1. The number of benzene rings is 1. The van der Waals surface area contributed by atoms with E-state index in [1.807, 2.05) is 6.07 Å². The number of rotatable bonds is 5. The summed E-state index contributed by atoms with van der Waals surface area (Å²) in [5.74, 6) is -1.26. The molecule has 2 heterocycles. The van der Waals surface area contributed by atoms with Crippen molar-refractivity contribution in [2.45, 2.75) is 12.0 Å². The molecule has 1 unspecified atom stereocenters. The molecule has 2 aromatic rings. The minimum absolute atomic E-state index is 0.0541. The average Bonchev–Trinajstić information content (AvgIpc) is 3.08. The number of aliphatic imine (C=N–C) groups is 1. The fraction of sp³-hybridized carbons (Fsp3) is 0.111. The molecule has 0 saturated carbocycles. The van der Waals surface area contributed by atoms with Crippen molar-refractivity contribution in [3.8, 4) is 0 Å². The Morgan fingerprint density at radius 2 is 1.96 bits per heavy atom. The van der Waals surface area contributed by atoms with Crippen molar-refractivity contribution in [2.75, 3.05) is 0 Å². The SMILES string of the molecule is O=C(O)c1ccc(C2(C(=O)Cc3ccccc3Cl)C=CC=N2)nc1. The van der Waals surface area contributed by atoms with Gasteiger partial charge in [-0.05, 0) is 35.9 Å². The Bertz CT molecular complexity index is 845. The van der Waals surface area contributed by atoms with Gasteiger partial charge >= 0.3 is 5.97 Å². The van der Waals surface area contributed by atoms with Crippen LogP contribution in [-0.2, 0) is 16.8 Å². The summed E-state index contributed by atoms with van der Waals surface area (Å²) < 4.78 is 0. The molecule has 0 fully saturated rings. The molecule has 5 nitrogen and oxygen atoms in total. The second kappa shape index (κ2) is 6.37. The fourth-order valence-corrected chi connectivity index (χ4v) is 2.74. The summed E-state index contributed by atoms with van der Waals surface area (Å²) in [4.78, 5) is 32.3. The Labute approximate surface area is 143 Å². The van der Waals surface area contributed by atoms with Gasteiger partial charge in [0.1, 0.15) is 0 Å². The van der Waals surface area contributed by atoms with Crippen molar-refractivity contribution in [2.24, 2.45) is 4.99 Å². The first kappa shape index (κ1) is 16.1. The van der Waals surface area contributed by atoms with E-state index >= 15 is 0 Å². The predicted octanol–water partition coefficient (Wildman–Crippen LogP) is 3.08. The van der Waals surface area contributed by atoms with Gasteiger partial charge in [0.2, 0.25) is 0 Å². The minimum atomic E-state index is -1.24. The Kier molecular flexibility index (Phi) is 4.27. The van der Waals surface area contributed by atoms with E-state index in [2.05, 4.69) is 9.98 Å². The van der Waals surface area contributed by atoms with E-state index in [0.29, 0.717) is 16.3 Å². The number of hydrogen-bond donors (Lipinski definition) is 1. The van der Waals surface area contributed by atoms with Gasteiger partial charge in [-0.25, -0.2) is 4.79 Å². The lowest BCUT2D eigenvalue weighted by atomic mass is 9.87. The van der Waals surface area contributed by atoms with Gasteiger partial charge < -0.3 is 5.11 Å². The second-order valence-electron chi connectivity index (χ2n) is 5.33. The Morgan fingerprint density at radius 3 is 2.54 bits per heavy atom. The maximum absolute atomic E-state index is 12.9. The van der Waals surface area contributed by atoms with E-state index in [-0.39, 0.29) is 17.8 Å². The van der Waals surface area contributed by atoms with Crippen molar-refractivity contribution in [3.63, 3.8) is 0 Å². The van der Waals surface area contributed by atoms with E-state index in [1.165, 1.54) is 24.5 Å². The van der Waals surface area contributed by atoms with Crippen LogP contribution in [0.4, 0.5) is 0 Å². The van der Waals surface area contributed by atoms with Crippen LogP contribution in [0, 0.1) is 0 Å². The highest BCUT2D eigenvalue weighted by atomic mass is 35.5. The molecule has 120 valence electrons. The summed E-state index contributed by atoms with van der Waals surface area (Å²) >= 11 is 6.13. The number of allylic oxidation sites excluding steroid dienone is 1. The summed E-state index contributed by atoms with van der Waals surface area (Å²) in [6.07, 6.45) is 6.21. The summed E-state index contributed by atoms with van der Waals surface area (Å²) in [5.41, 5.74) is -0.0925. The molecule has 0 aliphatic carbocycles. The maximum atomic E-state index is 12.9. The Hall–Kier alpha value is -2.79. The topological polar surface area (TPSA) is 79.6 Å². The Balaban J connectivity index is 1.95. The molecule has 1 atom stereocenters. The van der Waals surface area contributed by atoms with E-state index in [1.54, 1.807) is 30.4 Å². The van der Waals surface area contributed by atoms with E-state index in [9.17, 15) is 9.59 Å². The predicted molar refractivity (Wildman–Crippen MR) is 90.7 cm³/mol. The van der Waals surface area contributed by atoms with E-state index < -0.39 is 11.5 Å². The van der Waals surface area contributed by atoms with Gasteiger partial charge in [0, 0.05) is 23.9 Å². The molecular weight excluding hydrogens is 328 g/mol. The quantitative estimate of drug-likeness (QED) is 0.907. The number of Topliss-reactive ketones (excluding diaryl/α,β-unsaturated/α-hetero) is 1. The highest BCUT2D eigenvalue weighted by Gasteiger charge is 2.39. The number of pyridine rings is 1. The summed E-state index contributed by atoms with van der Waals surface area (Å²) in [5, 5.41) is 9.49. The van der Waals surface area contributed by atoms with Crippen molar-refractivity contribution in [3.05, 3.63) is 76.6 Å². The molecule has 1 N–H and O–H groups in total. The normalized spacial score (nSPS) is 18.7. The van der Waals surface area contributed by atoms with Gasteiger partial charge in [-0.1, -0.05) is 29.8 Å². The molecule has 1 aromatic carbocycles. The van der Waals surface area contributed by atoms with Crippen LogP contribution in [-0.4, -0.2) is 28.1 Å². The van der Waals surface area contributed by atoms with Gasteiger partial charge in [-0.3, -0.25) is 14.8 Å². The summed E-state index contributed by atoms with van der Waals surface area (Å²) in [7, 11) is 0. The average molecular weight is 341 g/mol. The van der Waals surface area contributed by atoms with Crippen LogP contribution in [0.2, 0.25) is 5.02 Å². The van der Waals surface area contributed by atoms with Crippen molar-refractivity contribution in [1.82, 2.24) is 4.98 Å². The molecule has 0 saturated heterocycles. The number of halogens is 1. The number of nitrogens with zero attached hydrogens (tertiary/aromatic N) is 2. The Morgan fingerprint density at radius 1 is 1.17 bits per heavy atom. The highest BCUT2D eigenvalue weighted by Crippen LogP contribution is 2.32. The van der Waals surface area contributed by atoms with Gasteiger partial charge in [-0.15, -0.1) is 0 Å². The summed E-state index contributed by atoms with van der Waals surface area (Å²) in [6.45, 7) is 0. The van der Waals surface area contributed by atoms with Crippen molar-refractivity contribution < 1.29 is 14.7 Å². The van der Waals surface area contributed by atoms with Gasteiger partial charge in [0.05, 0.1) is 11.3 Å².